The number of rotatable bonds is 6. The maximum Gasteiger partial charge on any atom is 0.276 e. The molecule has 1 atom stereocenters. The molecule has 32 heavy (non-hydrogen) atoms. The van der Waals surface area contributed by atoms with E-state index >= 15 is 0 Å². The molecule has 9 nitrogen and oxygen atoms in total. The summed E-state index contributed by atoms with van der Waals surface area (Å²) < 4.78 is 13.0. The van der Waals surface area contributed by atoms with E-state index in [0.29, 0.717) is 49.8 Å². The molecule has 3 aliphatic rings. The molecule has 0 radical (unpaired) electrons. The van der Waals surface area contributed by atoms with Crippen LogP contribution in [0.3, 0.4) is 0 Å². The topological polar surface area (TPSA) is 98.6 Å². The second-order valence-electron chi connectivity index (χ2n) is 8.89. The van der Waals surface area contributed by atoms with Crippen molar-refractivity contribution in [2.24, 2.45) is 11.8 Å². The van der Waals surface area contributed by atoms with E-state index in [2.05, 4.69) is 15.6 Å². The molecule has 2 aromatic rings. The van der Waals surface area contributed by atoms with Crippen molar-refractivity contribution in [1.29, 1.82) is 0 Å². The Morgan fingerprint density at radius 3 is 2.59 bits per heavy atom. The lowest BCUT2D eigenvalue weighted by Crippen LogP contribution is -2.43. The molecule has 0 unspecified atom stereocenters. The summed E-state index contributed by atoms with van der Waals surface area (Å²) in [4.78, 5) is 27.2. The van der Waals surface area contributed by atoms with E-state index in [0.717, 1.165) is 17.9 Å². The summed E-state index contributed by atoms with van der Waals surface area (Å²) in [7, 11) is 1.64. The SMILES string of the molecule is COc1ccc([C@@H]2Cn3nnc(C(=O)N4CCC(C(=O)NCC5CC5)CC4)c3CO2)cc1. The first-order chi connectivity index (χ1) is 15.6. The number of likely N-dealkylation sites (tertiary alicyclic amines) is 1. The van der Waals surface area contributed by atoms with Crippen LogP contribution in [0.4, 0.5) is 0 Å². The highest BCUT2D eigenvalue weighted by Crippen LogP contribution is 2.30. The Labute approximate surface area is 187 Å². The Balaban J connectivity index is 1.18. The third-order valence-corrected chi connectivity index (χ3v) is 6.70. The van der Waals surface area contributed by atoms with Gasteiger partial charge in [0.1, 0.15) is 11.9 Å². The summed E-state index contributed by atoms with van der Waals surface area (Å²) in [6, 6.07) is 7.76. The molecule has 170 valence electrons. The van der Waals surface area contributed by atoms with E-state index < -0.39 is 0 Å². The monoisotopic (exact) mass is 439 g/mol. The standard InChI is InChI=1S/C23H29N5O4/c1-31-18-6-4-16(5-7-18)20-13-28-19(14-32-20)21(25-26-28)23(30)27-10-8-17(9-11-27)22(29)24-12-15-2-3-15/h4-7,15,17,20H,2-3,8-14H2,1H3,(H,24,29)/t20-/m0/s1. The van der Waals surface area contributed by atoms with Gasteiger partial charge in [-0.2, -0.15) is 0 Å². The van der Waals surface area contributed by atoms with Crippen molar-refractivity contribution < 1.29 is 19.1 Å². The van der Waals surface area contributed by atoms with Crippen molar-refractivity contribution in [1.82, 2.24) is 25.2 Å². The quantitative estimate of drug-likeness (QED) is 0.739. The van der Waals surface area contributed by atoms with Crippen LogP contribution in [0.5, 0.6) is 5.75 Å². The van der Waals surface area contributed by atoms with Crippen molar-refractivity contribution in [2.75, 3.05) is 26.7 Å². The van der Waals surface area contributed by atoms with Crippen LogP contribution in [-0.4, -0.2) is 58.5 Å². The van der Waals surface area contributed by atoms with Gasteiger partial charge >= 0.3 is 0 Å². The van der Waals surface area contributed by atoms with Crippen LogP contribution in [0, 0.1) is 11.8 Å². The maximum atomic E-state index is 13.1. The van der Waals surface area contributed by atoms with Crippen LogP contribution in [0.2, 0.25) is 0 Å². The highest BCUT2D eigenvalue weighted by Gasteiger charge is 2.33. The summed E-state index contributed by atoms with van der Waals surface area (Å²) >= 11 is 0. The first-order valence-corrected chi connectivity index (χ1v) is 11.4. The highest BCUT2D eigenvalue weighted by molar-refractivity contribution is 5.93. The summed E-state index contributed by atoms with van der Waals surface area (Å²) in [6.07, 6.45) is 3.66. The highest BCUT2D eigenvalue weighted by atomic mass is 16.5. The molecule has 1 saturated heterocycles. The third kappa shape index (κ3) is 4.34. The number of ether oxygens (including phenoxy) is 2. The molecule has 3 heterocycles. The lowest BCUT2D eigenvalue weighted by Gasteiger charge is -2.31. The molecular formula is C23H29N5O4. The predicted octanol–water partition coefficient (Wildman–Crippen LogP) is 1.94. The van der Waals surface area contributed by atoms with Gasteiger partial charge in [-0.25, -0.2) is 4.68 Å². The van der Waals surface area contributed by atoms with Crippen molar-refractivity contribution in [3.05, 3.63) is 41.2 Å². The molecule has 9 heteroatoms. The molecule has 0 spiro atoms. The van der Waals surface area contributed by atoms with E-state index in [4.69, 9.17) is 9.47 Å². The molecule has 2 aliphatic heterocycles. The second-order valence-corrected chi connectivity index (χ2v) is 8.89. The number of hydrogen-bond donors (Lipinski definition) is 1. The van der Waals surface area contributed by atoms with Crippen LogP contribution < -0.4 is 10.1 Å². The van der Waals surface area contributed by atoms with Gasteiger partial charge in [0.15, 0.2) is 5.69 Å². The summed E-state index contributed by atoms with van der Waals surface area (Å²) in [5.41, 5.74) is 2.10. The Morgan fingerprint density at radius 1 is 1.16 bits per heavy atom. The second kappa shape index (κ2) is 8.90. The van der Waals surface area contributed by atoms with Gasteiger partial charge in [-0.05, 0) is 49.3 Å². The van der Waals surface area contributed by atoms with Crippen molar-refractivity contribution in [3.63, 3.8) is 0 Å². The summed E-state index contributed by atoms with van der Waals surface area (Å²) in [5.74, 6) is 1.45. The zero-order chi connectivity index (χ0) is 22.1. The molecule has 2 amide bonds. The van der Waals surface area contributed by atoms with Gasteiger partial charge in [0.05, 0.1) is 26.0 Å². The lowest BCUT2D eigenvalue weighted by molar-refractivity contribution is -0.126. The number of nitrogens with one attached hydrogen (secondary N) is 1. The zero-order valence-electron chi connectivity index (χ0n) is 18.3. The van der Waals surface area contributed by atoms with Crippen molar-refractivity contribution in [3.8, 4) is 5.75 Å². The number of hydrogen-bond acceptors (Lipinski definition) is 6. The molecule has 1 aromatic heterocycles. The van der Waals surface area contributed by atoms with E-state index in [9.17, 15) is 9.59 Å². The number of nitrogens with zero attached hydrogens (tertiary/aromatic N) is 4. The normalized spacial score (nSPS) is 21.2. The number of aromatic nitrogens is 3. The van der Waals surface area contributed by atoms with Crippen LogP contribution >= 0.6 is 0 Å². The number of carbonyl (C=O) groups is 2. The molecule has 0 bridgehead atoms. The molecule has 2 fully saturated rings. The minimum Gasteiger partial charge on any atom is -0.497 e. The third-order valence-electron chi connectivity index (χ3n) is 6.70. The Bertz CT molecular complexity index is 977. The van der Waals surface area contributed by atoms with Gasteiger partial charge in [-0.3, -0.25) is 9.59 Å². The van der Waals surface area contributed by atoms with E-state index in [1.807, 2.05) is 24.3 Å². The van der Waals surface area contributed by atoms with Gasteiger partial charge in [0.2, 0.25) is 5.91 Å². The Kier molecular flexibility index (Phi) is 5.82. The van der Waals surface area contributed by atoms with E-state index in [1.54, 1.807) is 16.7 Å². The fourth-order valence-electron chi connectivity index (χ4n) is 4.40. The van der Waals surface area contributed by atoms with Crippen LogP contribution in [0.15, 0.2) is 24.3 Å². The summed E-state index contributed by atoms with van der Waals surface area (Å²) in [6.45, 7) is 2.70. The van der Waals surface area contributed by atoms with Gasteiger partial charge in [0, 0.05) is 25.6 Å². The van der Waals surface area contributed by atoms with E-state index in [1.165, 1.54) is 12.8 Å². The van der Waals surface area contributed by atoms with Gasteiger partial charge in [-0.1, -0.05) is 17.3 Å². The first kappa shape index (κ1) is 20.9. The van der Waals surface area contributed by atoms with Gasteiger partial charge in [-0.15, -0.1) is 5.10 Å². The first-order valence-electron chi connectivity index (χ1n) is 11.4. The van der Waals surface area contributed by atoms with Gasteiger partial charge in [0.25, 0.3) is 5.91 Å². The van der Waals surface area contributed by atoms with Crippen LogP contribution in [0.1, 0.15) is 53.5 Å². The molecule has 1 aliphatic carbocycles. The number of fused-ring (bicyclic) bond motifs is 1. The summed E-state index contributed by atoms with van der Waals surface area (Å²) in [5, 5.41) is 11.5. The lowest BCUT2D eigenvalue weighted by atomic mass is 9.95. The van der Waals surface area contributed by atoms with E-state index in [-0.39, 0.29) is 30.4 Å². The molecule has 1 saturated carbocycles. The average molecular weight is 440 g/mol. The molecule has 5 rings (SSSR count). The maximum absolute atomic E-state index is 13.1. The molecule has 1 N–H and O–H groups in total. The number of carbonyl (C=O) groups excluding carboxylic acids is 2. The van der Waals surface area contributed by atoms with Crippen LogP contribution in [-0.2, 0) is 22.7 Å². The van der Waals surface area contributed by atoms with Crippen molar-refractivity contribution in [2.45, 2.75) is 44.9 Å². The van der Waals surface area contributed by atoms with Crippen molar-refractivity contribution >= 4 is 11.8 Å². The smallest absolute Gasteiger partial charge is 0.276 e. The predicted molar refractivity (Wildman–Crippen MR) is 115 cm³/mol. The van der Waals surface area contributed by atoms with Gasteiger partial charge < -0.3 is 19.7 Å². The number of methoxy groups -OCH3 is 1. The largest absolute Gasteiger partial charge is 0.497 e. The fourth-order valence-corrected chi connectivity index (χ4v) is 4.40. The number of benzene rings is 1. The van der Waals surface area contributed by atoms with Crippen LogP contribution in [0.25, 0.3) is 0 Å². The Morgan fingerprint density at radius 2 is 1.91 bits per heavy atom. The minimum absolute atomic E-state index is 0.0135. The minimum atomic E-state index is -0.150. The Hall–Kier alpha value is -2.94. The molecule has 1 aromatic carbocycles. The average Bonchev–Trinajstić information content (AvgIpc) is 3.59. The zero-order valence-corrected chi connectivity index (χ0v) is 18.3. The number of amides is 2. The molecular weight excluding hydrogens is 410 g/mol. The number of piperidine rings is 1. The fraction of sp³-hybridized carbons (Fsp3) is 0.565.